The average molecular weight is 289 g/mol. The molecule has 0 atom stereocenters. The Bertz CT molecular complexity index is 603. The van der Waals surface area contributed by atoms with Crippen molar-refractivity contribution in [1.29, 1.82) is 0 Å². The zero-order valence-electron chi connectivity index (χ0n) is 13.1. The van der Waals surface area contributed by atoms with Crippen LogP contribution in [0.25, 0.3) is 11.3 Å². The second-order valence-corrected chi connectivity index (χ2v) is 5.07. The first-order valence-corrected chi connectivity index (χ1v) is 7.14. The lowest BCUT2D eigenvalue weighted by Gasteiger charge is -2.23. The van der Waals surface area contributed by atoms with Gasteiger partial charge < -0.3 is 20.2 Å². The Labute approximate surface area is 125 Å². The lowest BCUT2D eigenvalue weighted by molar-refractivity contribution is 0.390. The van der Waals surface area contributed by atoms with Crippen molar-refractivity contribution in [3.8, 4) is 22.8 Å². The van der Waals surface area contributed by atoms with Gasteiger partial charge in [-0.3, -0.25) is 0 Å². The molecule has 0 radical (unpaired) electrons. The normalized spacial score (nSPS) is 11.5. The van der Waals surface area contributed by atoms with Crippen molar-refractivity contribution in [1.82, 2.24) is 9.97 Å². The lowest BCUT2D eigenvalue weighted by Crippen LogP contribution is -2.36. The molecule has 21 heavy (non-hydrogen) atoms. The summed E-state index contributed by atoms with van der Waals surface area (Å²) >= 11 is 0. The van der Waals surface area contributed by atoms with Crippen LogP contribution in [0, 0.1) is 0 Å². The van der Waals surface area contributed by atoms with E-state index in [4.69, 9.17) is 15.2 Å². The number of aromatic nitrogens is 2. The van der Waals surface area contributed by atoms with E-state index in [9.17, 15) is 0 Å². The van der Waals surface area contributed by atoms with Crippen LogP contribution in [-0.4, -0.2) is 24.2 Å². The Morgan fingerprint density at radius 2 is 1.90 bits per heavy atom. The molecule has 0 bridgehead atoms. The molecule has 0 aliphatic heterocycles. The van der Waals surface area contributed by atoms with Gasteiger partial charge in [0.25, 0.3) is 0 Å². The fourth-order valence-electron chi connectivity index (χ4n) is 2.32. The maximum absolute atomic E-state index is 6.39. The molecule has 2 rings (SSSR count). The number of methoxy groups -OCH3 is 2. The molecule has 3 N–H and O–H groups in total. The third-order valence-electron chi connectivity index (χ3n) is 4.01. The Hall–Kier alpha value is -2.01. The van der Waals surface area contributed by atoms with Crippen molar-refractivity contribution in [2.75, 3.05) is 14.2 Å². The SMILES string of the molecule is CCC(N)(CC)c1ncc(-c2cc(OC)ccc2OC)[nH]1. The van der Waals surface area contributed by atoms with Crippen LogP contribution in [0.1, 0.15) is 32.5 Å². The predicted molar refractivity (Wildman–Crippen MR) is 83.6 cm³/mol. The number of nitrogens with one attached hydrogen (secondary N) is 1. The highest BCUT2D eigenvalue weighted by Gasteiger charge is 2.26. The highest BCUT2D eigenvalue weighted by Crippen LogP contribution is 2.33. The van der Waals surface area contributed by atoms with Gasteiger partial charge in [0, 0.05) is 5.56 Å². The van der Waals surface area contributed by atoms with Crippen molar-refractivity contribution in [3.05, 3.63) is 30.2 Å². The average Bonchev–Trinajstić information content (AvgIpc) is 3.03. The topological polar surface area (TPSA) is 73.2 Å². The number of nitrogens with two attached hydrogens (primary N) is 1. The summed E-state index contributed by atoms with van der Waals surface area (Å²) in [6.45, 7) is 4.13. The molecule has 5 heteroatoms. The molecule has 0 amide bonds. The number of hydrogen-bond donors (Lipinski definition) is 2. The van der Waals surface area contributed by atoms with Crippen LogP contribution >= 0.6 is 0 Å². The van der Waals surface area contributed by atoms with Gasteiger partial charge in [0.05, 0.1) is 31.6 Å². The van der Waals surface area contributed by atoms with Crippen molar-refractivity contribution < 1.29 is 9.47 Å². The molecule has 0 saturated carbocycles. The van der Waals surface area contributed by atoms with Gasteiger partial charge in [0.1, 0.15) is 17.3 Å². The lowest BCUT2D eigenvalue weighted by atomic mass is 9.93. The second kappa shape index (κ2) is 6.18. The Kier molecular flexibility index (Phi) is 4.53. The first-order valence-electron chi connectivity index (χ1n) is 7.14. The zero-order valence-corrected chi connectivity index (χ0v) is 13.1. The Morgan fingerprint density at radius 3 is 2.48 bits per heavy atom. The zero-order chi connectivity index (χ0) is 15.5. The maximum Gasteiger partial charge on any atom is 0.128 e. The summed E-state index contributed by atoms with van der Waals surface area (Å²) in [6.07, 6.45) is 3.44. The highest BCUT2D eigenvalue weighted by molar-refractivity contribution is 5.68. The summed E-state index contributed by atoms with van der Waals surface area (Å²) in [4.78, 5) is 7.79. The molecule has 0 aliphatic rings. The van der Waals surface area contributed by atoms with E-state index in [1.54, 1.807) is 20.4 Å². The number of hydrogen-bond acceptors (Lipinski definition) is 4. The fourth-order valence-corrected chi connectivity index (χ4v) is 2.32. The number of ether oxygens (including phenoxy) is 2. The number of imidazole rings is 1. The van der Waals surface area contributed by atoms with Crippen LogP contribution in [0.15, 0.2) is 24.4 Å². The minimum absolute atomic E-state index is 0.426. The summed E-state index contributed by atoms with van der Waals surface area (Å²) in [5.74, 6) is 2.33. The molecule has 5 nitrogen and oxygen atoms in total. The van der Waals surface area contributed by atoms with Gasteiger partial charge in [-0.2, -0.15) is 0 Å². The number of nitrogens with zero attached hydrogens (tertiary/aromatic N) is 1. The van der Waals surface area contributed by atoms with Crippen LogP contribution < -0.4 is 15.2 Å². The number of benzene rings is 1. The number of H-pyrrole nitrogens is 1. The smallest absolute Gasteiger partial charge is 0.128 e. The van der Waals surface area contributed by atoms with Crippen LogP contribution in [0.5, 0.6) is 11.5 Å². The molecule has 0 spiro atoms. The molecule has 0 aliphatic carbocycles. The standard InChI is InChI=1S/C16H23N3O2/c1-5-16(17,6-2)15-18-10-13(19-15)12-9-11(20-3)7-8-14(12)21-4/h7-10H,5-6,17H2,1-4H3,(H,18,19). The predicted octanol–water partition coefficient (Wildman–Crippen LogP) is 3.07. The van der Waals surface area contributed by atoms with Gasteiger partial charge in [-0.15, -0.1) is 0 Å². The summed E-state index contributed by atoms with van der Waals surface area (Å²) < 4.78 is 10.7. The molecular weight excluding hydrogens is 266 g/mol. The third kappa shape index (κ3) is 2.88. The number of rotatable bonds is 6. The minimum atomic E-state index is -0.426. The van der Waals surface area contributed by atoms with E-state index in [0.717, 1.165) is 41.4 Å². The largest absolute Gasteiger partial charge is 0.497 e. The van der Waals surface area contributed by atoms with Crippen molar-refractivity contribution in [2.45, 2.75) is 32.2 Å². The van der Waals surface area contributed by atoms with E-state index in [1.165, 1.54) is 0 Å². The van der Waals surface area contributed by atoms with E-state index >= 15 is 0 Å². The summed E-state index contributed by atoms with van der Waals surface area (Å²) in [5, 5.41) is 0. The van der Waals surface area contributed by atoms with E-state index in [1.807, 2.05) is 18.2 Å². The molecule has 2 aromatic rings. The van der Waals surface area contributed by atoms with Gasteiger partial charge in [0.15, 0.2) is 0 Å². The molecule has 1 aromatic carbocycles. The van der Waals surface area contributed by atoms with Gasteiger partial charge >= 0.3 is 0 Å². The quantitative estimate of drug-likeness (QED) is 0.857. The first kappa shape index (κ1) is 15.4. The van der Waals surface area contributed by atoms with E-state index < -0.39 is 5.54 Å². The second-order valence-electron chi connectivity index (χ2n) is 5.07. The molecule has 0 unspecified atom stereocenters. The maximum atomic E-state index is 6.39. The number of aromatic amines is 1. The monoisotopic (exact) mass is 289 g/mol. The Morgan fingerprint density at radius 1 is 1.19 bits per heavy atom. The van der Waals surface area contributed by atoms with Crippen molar-refractivity contribution >= 4 is 0 Å². The van der Waals surface area contributed by atoms with Gasteiger partial charge in [-0.05, 0) is 31.0 Å². The van der Waals surface area contributed by atoms with Crippen LogP contribution in [0.4, 0.5) is 0 Å². The summed E-state index contributed by atoms with van der Waals surface area (Å²) in [5.41, 5.74) is 7.74. The van der Waals surface area contributed by atoms with Crippen molar-refractivity contribution in [2.24, 2.45) is 5.73 Å². The third-order valence-corrected chi connectivity index (χ3v) is 4.01. The summed E-state index contributed by atoms with van der Waals surface area (Å²) in [6, 6.07) is 5.67. The van der Waals surface area contributed by atoms with Crippen LogP contribution in [-0.2, 0) is 5.54 Å². The van der Waals surface area contributed by atoms with E-state index in [0.29, 0.717) is 0 Å². The Balaban J connectivity index is 2.46. The van der Waals surface area contributed by atoms with Gasteiger partial charge in [0.2, 0.25) is 0 Å². The first-order chi connectivity index (χ1) is 10.1. The highest BCUT2D eigenvalue weighted by atomic mass is 16.5. The van der Waals surface area contributed by atoms with Gasteiger partial charge in [-0.1, -0.05) is 13.8 Å². The van der Waals surface area contributed by atoms with E-state index in [-0.39, 0.29) is 0 Å². The molecule has 114 valence electrons. The van der Waals surface area contributed by atoms with Gasteiger partial charge in [-0.25, -0.2) is 4.98 Å². The molecule has 1 aromatic heterocycles. The van der Waals surface area contributed by atoms with Crippen LogP contribution in [0.2, 0.25) is 0 Å². The molecule has 0 fully saturated rings. The van der Waals surface area contributed by atoms with Crippen molar-refractivity contribution in [3.63, 3.8) is 0 Å². The fraction of sp³-hybridized carbons (Fsp3) is 0.438. The minimum Gasteiger partial charge on any atom is -0.497 e. The molecule has 0 saturated heterocycles. The molecule has 1 heterocycles. The van der Waals surface area contributed by atoms with E-state index in [2.05, 4.69) is 23.8 Å². The molecular formula is C16H23N3O2. The summed E-state index contributed by atoms with van der Waals surface area (Å²) in [7, 11) is 3.29. The van der Waals surface area contributed by atoms with Crippen LogP contribution in [0.3, 0.4) is 0 Å².